The van der Waals surface area contributed by atoms with Gasteiger partial charge in [-0.3, -0.25) is 4.79 Å². The molecular formula is C15H20N2O4S. The van der Waals surface area contributed by atoms with Crippen LogP contribution in [0.3, 0.4) is 0 Å². The molecule has 0 heterocycles. The molecule has 0 bridgehead atoms. The van der Waals surface area contributed by atoms with E-state index in [-0.39, 0.29) is 22.3 Å². The van der Waals surface area contributed by atoms with E-state index in [1.165, 1.54) is 25.1 Å². The molecule has 0 unspecified atom stereocenters. The van der Waals surface area contributed by atoms with Gasteiger partial charge in [-0.05, 0) is 25.8 Å². The van der Waals surface area contributed by atoms with Crippen LogP contribution in [0.1, 0.15) is 49.4 Å². The third kappa shape index (κ3) is 4.07. The smallest absolute Gasteiger partial charge is 0.328 e. The quantitative estimate of drug-likeness (QED) is 0.831. The van der Waals surface area contributed by atoms with Crippen molar-refractivity contribution < 1.29 is 18.0 Å². The zero-order valence-corrected chi connectivity index (χ0v) is 13.3. The van der Waals surface area contributed by atoms with E-state index in [9.17, 15) is 18.0 Å². The third-order valence-corrected chi connectivity index (χ3v) is 5.11. The topological polar surface area (TPSA) is 92.3 Å². The van der Waals surface area contributed by atoms with Crippen LogP contribution in [0, 0.1) is 0 Å². The van der Waals surface area contributed by atoms with E-state index >= 15 is 0 Å². The predicted molar refractivity (Wildman–Crippen MR) is 82.2 cm³/mol. The maximum atomic E-state index is 12.3. The van der Waals surface area contributed by atoms with Gasteiger partial charge in [0, 0.05) is 11.6 Å². The second-order valence-electron chi connectivity index (χ2n) is 5.47. The molecule has 0 aliphatic heterocycles. The molecule has 0 radical (unpaired) electrons. The molecule has 1 saturated carbocycles. The fourth-order valence-corrected chi connectivity index (χ4v) is 3.80. The Balaban J connectivity index is 2.10. The van der Waals surface area contributed by atoms with Crippen LogP contribution in [0.15, 0.2) is 29.2 Å². The molecule has 1 aliphatic rings. The molecule has 1 fully saturated rings. The van der Waals surface area contributed by atoms with E-state index in [4.69, 9.17) is 0 Å². The van der Waals surface area contributed by atoms with Crippen molar-refractivity contribution in [1.29, 1.82) is 0 Å². The largest absolute Gasteiger partial charge is 0.335 e. The van der Waals surface area contributed by atoms with Gasteiger partial charge in [0.2, 0.25) is 0 Å². The molecule has 2 rings (SSSR count). The maximum absolute atomic E-state index is 12.3. The van der Waals surface area contributed by atoms with Crippen molar-refractivity contribution in [2.75, 3.05) is 0 Å². The maximum Gasteiger partial charge on any atom is 0.328 e. The number of carbonyl (C=O) groups is 2. The van der Waals surface area contributed by atoms with Crippen LogP contribution in [-0.4, -0.2) is 26.3 Å². The first-order chi connectivity index (χ1) is 10.4. The number of nitrogens with one attached hydrogen (secondary N) is 2. The van der Waals surface area contributed by atoms with Crippen molar-refractivity contribution in [2.45, 2.75) is 50.0 Å². The Hall–Kier alpha value is -1.89. The number of amides is 2. The number of urea groups is 1. The SMILES string of the molecule is CC(=O)c1ccccc1S(=O)(=O)NC(=O)NC1CCCCC1. The van der Waals surface area contributed by atoms with Gasteiger partial charge in [-0.25, -0.2) is 17.9 Å². The van der Waals surface area contributed by atoms with Crippen molar-refractivity contribution in [2.24, 2.45) is 0 Å². The summed E-state index contributed by atoms with van der Waals surface area (Å²) in [6.07, 6.45) is 4.93. The van der Waals surface area contributed by atoms with E-state index in [0.717, 1.165) is 32.1 Å². The van der Waals surface area contributed by atoms with Crippen LogP contribution in [0.25, 0.3) is 0 Å². The minimum Gasteiger partial charge on any atom is -0.335 e. The van der Waals surface area contributed by atoms with Gasteiger partial charge in [-0.1, -0.05) is 37.5 Å². The molecule has 7 heteroatoms. The lowest BCUT2D eigenvalue weighted by Gasteiger charge is -2.22. The highest BCUT2D eigenvalue weighted by atomic mass is 32.2. The summed E-state index contributed by atoms with van der Waals surface area (Å²) in [6, 6.07) is 5.10. The fraction of sp³-hybridized carbons (Fsp3) is 0.467. The molecule has 1 aromatic rings. The molecule has 2 amide bonds. The zero-order chi connectivity index (χ0) is 16.2. The van der Waals surface area contributed by atoms with Crippen LogP contribution >= 0.6 is 0 Å². The lowest BCUT2D eigenvalue weighted by molar-refractivity contribution is 0.101. The van der Waals surface area contributed by atoms with Crippen LogP contribution in [0.5, 0.6) is 0 Å². The van der Waals surface area contributed by atoms with Gasteiger partial charge >= 0.3 is 6.03 Å². The molecule has 22 heavy (non-hydrogen) atoms. The summed E-state index contributed by atoms with van der Waals surface area (Å²) in [5.74, 6) is -0.367. The Kier molecular flexibility index (Phi) is 5.18. The summed E-state index contributed by atoms with van der Waals surface area (Å²) in [5.41, 5.74) is 0.0699. The number of carbonyl (C=O) groups excluding carboxylic acids is 2. The van der Waals surface area contributed by atoms with Gasteiger partial charge in [0.25, 0.3) is 10.0 Å². The van der Waals surface area contributed by atoms with E-state index in [1.54, 1.807) is 6.07 Å². The lowest BCUT2D eigenvalue weighted by atomic mass is 9.96. The second-order valence-corrected chi connectivity index (χ2v) is 7.12. The number of hydrogen-bond donors (Lipinski definition) is 2. The standard InChI is InChI=1S/C15H20N2O4S/c1-11(18)13-9-5-6-10-14(13)22(20,21)17-15(19)16-12-7-3-2-4-8-12/h5-6,9-10,12H,2-4,7-8H2,1H3,(H2,16,17,19). The Morgan fingerprint density at radius 1 is 1.09 bits per heavy atom. The Morgan fingerprint density at radius 3 is 2.36 bits per heavy atom. The normalized spacial score (nSPS) is 16.0. The number of hydrogen-bond acceptors (Lipinski definition) is 4. The minimum absolute atomic E-state index is 0.00648. The van der Waals surface area contributed by atoms with Crippen molar-refractivity contribution in [3.63, 3.8) is 0 Å². The molecular weight excluding hydrogens is 304 g/mol. The average molecular weight is 324 g/mol. The molecule has 0 spiro atoms. The summed E-state index contributed by atoms with van der Waals surface area (Å²) in [6.45, 7) is 1.29. The Bertz CT molecular complexity index is 664. The summed E-state index contributed by atoms with van der Waals surface area (Å²) in [4.78, 5) is 23.2. The number of benzene rings is 1. The summed E-state index contributed by atoms with van der Waals surface area (Å²) in [7, 11) is -4.07. The first kappa shape index (κ1) is 16.5. The molecule has 0 atom stereocenters. The fourth-order valence-electron chi connectivity index (χ4n) is 2.63. The molecule has 1 aliphatic carbocycles. The first-order valence-electron chi connectivity index (χ1n) is 7.33. The van der Waals surface area contributed by atoms with E-state index in [1.807, 2.05) is 4.72 Å². The highest BCUT2D eigenvalue weighted by Crippen LogP contribution is 2.18. The Labute approximate surface area is 130 Å². The zero-order valence-electron chi connectivity index (χ0n) is 12.5. The highest BCUT2D eigenvalue weighted by molar-refractivity contribution is 7.90. The van der Waals surface area contributed by atoms with E-state index in [2.05, 4.69) is 5.32 Å². The van der Waals surface area contributed by atoms with Crippen molar-refractivity contribution in [3.8, 4) is 0 Å². The number of sulfonamides is 1. The summed E-state index contributed by atoms with van der Waals surface area (Å²) in [5, 5.41) is 2.68. The van der Waals surface area contributed by atoms with Gasteiger partial charge in [-0.2, -0.15) is 0 Å². The number of rotatable bonds is 4. The lowest BCUT2D eigenvalue weighted by Crippen LogP contribution is -2.45. The summed E-state index contributed by atoms with van der Waals surface area (Å²) >= 11 is 0. The van der Waals surface area contributed by atoms with Gasteiger partial charge in [-0.15, -0.1) is 0 Å². The minimum atomic E-state index is -4.07. The average Bonchev–Trinajstić information content (AvgIpc) is 2.47. The predicted octanol–water partition coefficient (Wildman–Crippen LogP) is 2.21. The monoisotopic (exact) mass is 324 g/mol. The van der Waals surface area contributed by atoms with Crippen molar-refractivity contribution >= 4 is 21.8 Å². The molecule has 0 saturated heterocycles. The van der Waals surface area contributed by atoms with Gasteiger partial charge in [0.1, 0.15) is 0 Å². The van der Waals surface area contributed by atoms with Crippen LogP contribution in [0.2, 0.25) is 0 Å². The number of Topliss-reactive ketones (excluding diaryl/α,β-unsaturated/α-hetero) is 1. The van der Waals surface area contributed by atoms with Gasteiger partial charge < -0.3 is 5.32 Å². The molecule has 6 nitrogen and oxygen atoms in total. The molecule has 120 valence electrons. The Morgan fingerprint density at radius 2 is 1.73 bits per heavy atom. The van der Waals surface area contributed by atoms with Crippen LogP contribution in [-0.2, 0) is 10.0 Å². The molecule has 0 aromatic heterocycles. The van der Waals surface area contributed by atoms with Crippen molar-refractivity contribution in [3.05, 3.63) is 29.8 Å². The van der Waals surface area contributed by atoms with E-state index in [0.29, 0.717) is 0 Å². The first-order valence-corrected chi connectivity index (χ1v) is 8.82. The number of ketones is 1. The second kappa shape index (κ2) is 6.91. The molecule has 2 N–H and O–H groups in total. The molecule has 1 aromatic carbocycles. The van der Waals surface area contributed by atoms with Crippen LogP contribution < -0.4 is 10.0 Å². The van der Waals surface area contributed by atoms with Gasteiger partial charge in [0.05, 0.1) is 4.90 Å². The van der Waals surface area contributed by atoms with Crippen molar-refractivity contribution in [1.82, 2.24) is 10.0 Å². The summed E-state index contributed by atoms with van der Waals surface area (Å²) < 4.78 is 26.6. The van der Waals surface area contributed by atoms with E-state index < -0.39 is 16.1 Å². The van der Waals surface area contributed by atoms with Gasteiger partial charge in [0.15, 0.2) is 5.78 Å². The highest BCUT2D eigenvalue weighted by Gasteiger charge is 2.24. The van der Waals surface area contributed by atoms with Crippen LogP contribution in [0.4, 0.5) is 4.79 Å². The third-order valence-electron chi connectivity index (χ3n) is 3.72.